The van der Waals surface area contributed by atoms with Crippen LogP contribution in [0.5, 0.6) is 11.5 Å². The van der Waals surface area contributed by atoms with Gasteiger partial charge >= 0.3 is 11.7 Å². The number of hydrogen-bond acceptors (Lipinski definition) is 8. The Morgan fingerprint density at radius 2 is 2.15 bits per heavy atom. The van der Waals surface area contributed by atoms with E-state index >= 15 is 0 Å². The van der Waals surface area contributed by atoms with E-state index in [1.54, 1.807) is 25.1 Å². The molecule has 0 unspecified atom stereocenters. The topological polar surface area (TPSA) is 114 Å². The molecular formula is C17H17BrN2O7. The first-order valence-corrected chi connectivity index (χ1v) is 8.61. The molecule has 2 aromatic rings. The van der Waals surface area contributed by atoms with Gasteiger partial charge in [-0.3, -0.25) is 10.1 Å². The lowest BCUT2D eigenvalue weighted by molar-refractivity contribution is -0.386. The highest BCUT2D eigenvalue weighted by atomic mass is 79.9. The Morgan fingerprint density at radius 1 is 1.41 bits per heavy atom. The molecule has 27 heavy (non-hydrogen) atoms. The number of halogens is 1. The van der Waals surface area contributed by atoms with Gasteiger partial charge in [0.1, 0.15) is 0 Å². The summed E-state index contributed by atoms with van der Waals surface area (Å²) < 4.78 is 21.1. The Kier molecular flexibility index (Phi) is 6.94. The lowest BCUT2D eigenvalue weighted by Gasteiger charge is -2.13. The predicted octanol–water partition coefficient (Wildman–Crippen LogP) is 3.77. The average molecular weight is 441 g/mol. The molecule has 0 spiro atoms. The van der Waals surface area contributed by atoms with Gasteiger partial charge in [-0.05, 0) is 53.5 Å². The number of aryl methyl sites for hydroxylation is 1. The van der Waals surface area contributed by atoms with Gasteiger partial charge in [-0.1, -0.05) is 11.2 Å². The highest BCUT2D eigenvalue weighted by Gasteiger charge is 2.22. The molecule has 0 N–H and O–H groups in total. The first-order valence-electron chi connectivity index (χ1n) is 7.82. The third kappa shape index (κ3) is 5.07. The fourth-order valence-corrected chi connectivity index (χ4v) is 2.77. The minimum absolute atomic E-state index is 0.0372. The van der Waals surface area contributed by atoms with Crippen molar-refractivity contribution < 1.29 is 28.5 Å². The second kappa shape index (κ2) is 9.17. The van der Waals surface area contributed by atoms with Crippen LogP contribution in [0.1, 0.15) is 23.9 Å². The summed E-state index contributed by atoms with van der Waals surface area (Å²) >= 11 is 3.36. The molecular weight excluding hydrogens is 424 g/mol. The number of nitrogens with zero attached hydrogens (tertiary/aromatic N) is 2. The predicted molar refractivity (Wildman–Crippen MR) is 99.6 cm³/mol. The van der Waals surface area contributed by atoms with Crippen molar-refractivity contribution in [2.45, 2.75) is 13.8 Å². The zero-order chi connectivity index (χ0) is 20.0. The van der Waals surface area contributed by atoms with Crippen molar-refractivity contribution >= 4 is 39.7 Å². The summed E-state index contributed by atoms with van der Waals surface area (Å²) in [6, 6.07) is 3.35. The van der Waals surface area contributed by atoms with Gasteiger partial charge in [0.15, 0.2) is 23.8 Å². The number of hydrogen-bond donors (Lipinski definition) is 0. The summed E-state index contributed by atoms with van der Waals surface area (Å²) in [7, 11) is 1.46. The van der Waals surface area contributed by atoms with Crippen molar-refractivity contribution in [3.63, 3.8) is 0 Å². The van der Waals surface area contributed by atoms with Crippen LogP contribution >= 0.6 is 15.9 Å². The maximum absolute atomic E-state index is 11.5. The van der Waals surface area contributed by atoms with Crippen LogP contribution in [0.2, 0.25) is 0 Å². The van der Waals surface area contributed by atoms with Crippen LogP contribution in [0.25, 0.3) is 12.2 Å². The van der Waals surface area contributed by atoms with Crippen LogP contribution in [0.4, 0.5) is 5.69 Å². The van der Waals surface area contributed by atoms with Gasteiger partial charge in [-0.15, -0.1) is 0 Å². The molecule has 10 heteroatoms. The monoisotopic (exact) mass is 440 g/mol. The molecule has 1 aromatic carbocycles. The number of esters is 1. The van der Waals surface area contributed by atoms with E-state index in [1.807, 2.05) is 0 Å². The van der Waals surface area contributed by atoms with E-state index in [1.165, 1.54) is 20.1 Å². The molecule has 0 saturated heterocycles. The van der Waals surface area contributed by atoms with Crippen molar-refractivity contribution in [3.8, 4) is 11.5 Å². The van der Waals surface area contributed by atoms with Crippen molar-refractivity contribution in [1.82, 2.24) is 5.16 Å². The van der Waals surface area contributed by atoms with Gasteiger partial charge in [-0.2, -0.15) is 0 Å². The summed E-state index contributed by atoms with van der Waals surface area (Å²) in [4.78, 5) is 22.0. The fourth-order valence-electron chi connectivity index (χ4n) is 2.20. The van der Waals surface area contributed by atoms with Crippen LogP contribution in [0.15, 0.2) is 21.1 Å². The van der Waals surface area contributed by atoms with Crippen molar-refractivity contribution in [1.29, 1.82) is 0 Å². The third-order valence-corrected chi connectivity index (χ3v) is 3.95. The summed E-state index contributed by atoms with van der Waals surface area (Å²) in [5, 5.41) is 14.7. The van der Waals surface area contributed by atoms with Crippen molar-refractivity contribution in [2.24, 2.45) is 0 Å². The zero-order valence-corrected chi connectivity index (χ0v) is 16.4. The molecule has 0 radical (unpaired) electrons. The Labute approximate surface area is 163 Å². The Hall–Kier alpha value is -2.88. The van der Waals surface area contributed by atoms with Gasteiger partial charge < -0.3 is 18.7 Å². The third-order valence-electron chi connectivity index (χ3n) is 3.36. The van der Waals surface area contributed by atoms with E-state index in [-0.39, 0.29) is 30.4 Å². The van der Waals surface area contributed by atoms with Crippen LogP contribution in [-0.2, 0) is 9.53 Å². The molecule has 0 aliphatic rings. The maximum Gasteiger partial charge on any atom is 0.344 e. The number of nitro groups is 1. The molecule has 144 valence electrons. The number of aromatic nitrogens is 1. The Bertz CT molecular complexity index is 876. The van der Waals surface area contributed by atoms with Crippen molar-refractivity contribution in [2.75, 3.05) is 20.3 Å². The number of ether oxygens (including phenoxy) is 3. The molecule has 9 nitrogen and oxygen atoms in total. The van der Waals surface area contributed by atoms with Crippen LogP contribution in [0, 0.1) is 17.0 Å². The van der Waals surface area contributed by atoms with Gasteiger partial charge in [0.25, 0.3) is 0 Å². The molecule has 0 amide bonds. The fraction of sp³-hybridized carbons (Fsp3) is 0.294. The molecule has 1 aromatic heterocycles. The second-order valence-electron chi connectivity index (χ2n) is 5.20. The number of methoxy groups -OCH3 is 1. The zero-order valence-electron chi connectivity index (χ0n) is 14.9. The van der Waals surface area contributed by atoms with Crippen molar-refractivity contribution in [3.05, 3.63) is 43.7 Å². The number of carbonyl (C=O) groups excluding carboxylic acids is 1. The first kappa shape index (κ1) is 20.4. The normalized spacial score (nSPS) is 10.8. The van der Waals surface area contributed by atoms with E-state index < -0.39 is 10.9 Å². The minimum Gasteiger partial charge on any atom is -0.493 e. The molecule has 0 aliphatic carbocycles. The molecule has 2 rings (SSSR count). The molecule has 0 fully saturated rings. The largest absolute Gasteiger partial charge is 0.493 e. The quantitative estimate of drug-likeness (QED) is 0.346. The summed E-state index contributed by atoms with van der Waals surface area (Å²) in [5.74, 6) is 0.249. The molecule has 0 aliphatic heterocycles. The SMILES string of the molecule is CCOC(=O)COc1c(Br)cc(/C=C/c2onc(C)c2[N+](=O)[O-])cc1OC. The standard InChI is InChI=1S/C17H17BrN2O7/c1-4-25-15(21)9-26-17-12(18)7-11(8-14(17)24-3)5-6-13-16(20(22)23)10(2)19-27-13/h5-8H,4,9H2,1-3H3/b6-5+. The first-order chi connectivity index (χ1) is 12.9. The van der Waals surface area contributed by atoms with E-state index in [9.17, 15) is 14.9 Å². The number of carbonyl (C=O) groups is 1. The minimum atomic E-state index is -0.547. The molecule has 0 saturated carbocycles. The summed E-state index contributed by atoms with van der Waals surface area (Å²) in [6.07, 6.45) is 3.05. The highest BCUT2D eigenvalue weighted by Crippen LogP contribution is 2.37. The van der Waals surface area contributed by atoms with E-state index in [0.29, 0.717) is 21.5 Å². The van der Waals surface area contributed by atoms with E-state index in [0.717, 1.165) is 0 Å². The van der Waals surface area contributed by atoms with Gasteiger partial charge in [-0.25, -0.2) is 4.79 Å². The average Bonchev–Trinajstić information content (AvgIpc) is 2.99. The van der Waals surface area contributed by atoms with Gasteiger partial charge in [0.05, 0.1) is 23.1 Å². The Morgan fingerprint density at radius 3 is 2.78 bits per heavy atom. The van der Waals surface area contributed by atoms with Crippen LogP contribution in [-0.4, -0.2) is 36.4 Å². The summed E-state index contributed by atoms with van der Waals surface area (Å²) in [5.41, 5.74) is 0.665. The van der Waals surface area contributed by atoms with E-state index in [2.05, 4.69) is 21.1 Å². The smallest absolute Gasteiger partial charge is 0.344 e. The highest BCUT2D eigenvalue weighted by molar-refractivity contribution is 9.10. The lowest BCUT2D eigenvalue weighted by atomic mass is 10.1. The van der Waals surface area contributed by atoms with Crippen LogP contribution in [0.3, 0.4) is 0 Å². The van der Waals surface area contributed by atoms with Crippen LogP contribution < -0.4 is 9.47 Å². The lowest BCUT2D eigenvalue weighted by Crippen LogP contribution is -2.15. The van der Waals surface area contributed by atoms with Gasteiger partial charge in [0, 0.05) is 0 Å². The van der Waals surface area contributed by atoms with Gasteiger partial charge in [0.2, 0.25) is 5.76 Å². The van der Waals surface area contributed by atoms with E-state index in [4.69, 9.17) is 18.7 Å². The molecule has 0 bridgehead atoms. The summed E-state index contributed by atoms with van der Waals surface area (Å²) in [6.45, 7) is 3.20. The second-order valence-corrected chi connectivity index (χ2v) is 6.05. The number of rotatable bonds is 8. The number of benzene rings is 1. The Balaban J connectivity index is 2.26. The maximum atomic E-state index is 11.5. The molecule has 1 heterocycles. The molecule has 0 atom stereocenters.